The van der Waals surface area contributed by atoms with Crippen LogP contribution in [0.25, 0.3) is 0 Å². The standard InChI is InChI=1S/C21H25NO5/c1-21(2,3)15-7-9-16(10-8-15)27-12-4-5-19(24)22-17-13-14(20(25)26)6-11-18(17)23/h6-11,13,23H,4-5,12H2,1-3H3,(H,22,24)(H,25,26). The summed E-state index contributed by atoms with van der Waals surface area (Å²) >= 11 is 0. The van der Waals surface area contributed by atoms with E-state index in [1.54, 1.807) is 0 Å². The first kappa shape index (κ1) is 20.3. The summed E-state index contributed by atoms with van der Waals surface area (Å²) in [6.07, 6.45) is 0.684. The molecule has 0 spiro atoms. The summed E-state index contributed by atoms with van der Waals surface area (Å²) < 4.78 is 5.64. The van der Waals surface area contributed by atoms with E-state index in [1.165, 1.54) is 23.8 Å². The van der Waals surface area contributed by atoms with Crippen molar-refractivity contribution < 1.29 is 24.5 Å². The number of aromatic hydroxyl groups is 1. The Morgan fingerprint density at radius 1 is 1.07 bits per heavy atom. The number of benzene rings is 2. The number of hydrogen-bond donors (Lipinski definition) is 3. The van der Waals surface area contributed by atoms with Crippen molar-refractivity contribution >= 4 is 17.6 Å². The first-order valence-corrected chi connectivity index (χ1v) is 8.76. The van der Waals surface area contributed by atoms with E-state index in [1.807, 2.05) is 24.3 Å². The molecule has 6 nitrogen and oxygen atoms in total. The lowest BCUT2D eigenvalue weighted by Crippen LogP contribution is -2.13. The molecular formula is C21H25NO5. The highest BCUT2D eigenvalue weighted by Crippen LogP contribution is 2.25. The molecule has 27 heavy (non-hydrogen) atoms. The molecule has 0 heterocycles. The molecule has 1 amide bonds. The number of carboxylic acids is 1. The van der Waals surface area contributed by atoms with Gasteiger partial charge in [0.2, 0.25) is 5.91 Å². The van der Waals surface area contributed by atoms with Gasteiger partial charge in [-0.15, -0.1) is 0 Å². The fourth-order valence-electron chi connectivity index (χ4n) is 2.46. The highest BCUT2D eigenvalue weighted by Gasteiger charge is 2.13. The fraction of sp³-hybridized carbons (Fsp3) is 0.333. The second kappa shape index (κ2) is 8.58. The molecule has 0 aliphatic carbocycles. The first-order valence-electron chi connectivity index (χ1n) is 8.76. The third-order valence-electron chi connectivity index (χ3n) is 4.05. The zero-order chi connectivity index (χ0) is 20.0. The second-order valence-corrected chi connectivity index (χ2v) is 7.31. The largest absolute Gasteiger partial charge is 0.506 e. The average Bonchev–Trinajstić information content (AvgIpc) is 2.60. The van der Waals surface area contributed by atoms with Gasteiger partial charge in [-0.3, -0.25) is 4.79 Å². The Hall–Kier alpha value is -3.02. The SMILES string of the molecule is CC(C)(C)c1ccc(OCCCC(=O)Nc2cc(C(=O)O)ccc2O)cc1. The van der Waals surface area contributed by atoms with Crippen LogP contribution in [0.2, 0.25) is 0 Å². The number of phenols is 1. The second-order valence-electron chi connectivity index (χ2n) is 7.31. The zero-order valence-corrected chi connectivity index (χ0v) is 15.8. The number of ether oxygens (including phenoxy) is 1. The van der Waals surface area contributed by atoms with E-state index < -0.39 is 5.97 Å². The van der Waals surface area contributed by atoms with Crippen LogP contribution in [-0.4, -0.2) is 28.7 Å². The third-order valence-corrected chi connectivity index (χ3v) is 4.05. The lowest BCUT2D eigenvalue weighted by atomic mass is 9.87. The lowest BCUT2D eigenvalue weighted by molar-refractivity contribution is -0.116. The van der Waals surface area contributed by atoms with Crippen molar-refractivity contribution in [2.24, 2.45) is 0 Å². The van der Waals surface area contributed by atoms with Gasteiger partial charge < -0.3 is 20.3 Å². The number of carboxylic acid groups (broad SMARTS) is 1. The van der Waals surface area contributed by atoms with Crippen LogP contribution < -0.4 is 10.1 Å². The molecule has 0 saturated heterocycles. The van der Waals surface area contributed by atoms with E-state index in [0.29, 0.717) is 13.0 Å². The molecule has 2 rings (SSSR count). The Morgan fingerprint density at radius 3 is 2.33 bits per heavy atom. The number of amides is 1. The molecule has 0 aliphatic rings. The smallest absolute Gasteiger partial charge is 0.335 e. The summed E-state index contributed by atoms with van der Waals surface area (Å²) in [6.45, 7) is 6.81. The molecule has 0 aliphatic heterocycles. The van der Waals surface area contributed by atoms with Gasteiger partial charge in [-0.05, 0) is 47.7 Å². The summed E-state index contributed by atoms with van der Waals surface area (Å²) in [5, 5.41) is 21.2. The Balaban J connectivity index is 1.80. The van der Waals surface area contributed by atoms with Crippen molar-refractivity contribution in [3.63, 3.8) is 0 Å². The van der Waals surface area contributed by atoms with Crippen LogP contribution >= 0.6 is 0 Å². The molecular weight excluding hydrogens is 346 g/mol. The number of aromatic carboxylic acids is 1. The molecule has 0 atom stereocenters. The lowest BCUT2D eigenvalue weighted by Gasteiger charge is -2.19. The molecule has 144 valence electrons. The zero-order valence-electron chi connectivity index (χ0n) is 15.8. The number of phenolic OH excluding ortho intramolecular Hbond substituents is 1. The predicted octanol–water partition coefficient (Wildman–Crippen LogP) is 4.19. The van der Waals surface area contributed by atoms with Gasteiger partial charge >= 0.3 is 5.97 Å². The van der Waals surface area contributed by atoms with E-state index in [0.717, 1.165) is 5.75 Å². The number of nitrogens with one attached hydrogen (secondary N) is 1. The summed E-state index contributed by atoms with van der Waals surface area (Å²) in [5.74, 6) is -0.880. The molecule has 2 aromatic carbocycles. The van der Waals surface area contributed by atoms with Gasteiger partial charge in [-0.2, -0.15) is 0 Å². The maximum atomic E-state index is 12.0. The molecule has 0 bridgehead atoms. The van der Waals surface area contributed by atoms with Crippen LogP contribution in [0.5, 0.6) is 11.5 Å². The summed E-state index contributed by atoms with van der Waals surface area (Å²) in [6, 6.07) is 11.6. The van der Waals surface area contributed by atoms with Crippen LogP contribution in [0.15, 0.2) is 42.5 Å². The highest BCUT2D eigenvalue weighted by molar-refractivity contribution is 5.95. The number of hydrogen-bond acceptors (Lipinski definition) is 4. The highest BCUT2D eigenvalue weighted by atomic mass is 16.5. The molecule has 0 radical (unpaired) electrons. The molecule has 2 aromatic rings. The average molecular weight is 371 g/mol. The summed E-state index contributed by atoms with van der Waals surface area (Å²) in [7, 11) is 0. The molecule has 3 N–H and O–H groups in total. The quantitative estimate of drug-likeness (QED) is 0.501. The van der Waals surface area contributed by atoms with Gasteiger partial charge in [0, 0.05) is 6.42 Å². The van der Waals surface area contributed by atoms with Gasteiger partial charge in [0.25, 0.3) is 0 Å². The van der Waals surface area contributed by atoms with Gasteiger partial charge in [-0.25, -0.2) is 4.79 Å². The Bertz CT molecular complexity index is 806. The molecule has 0 aromatic heterocycles. The monoisotopic (exact) mass is 371 g/mol. The first-order chi connectivity index (χ1) is 12.7. The normalized spacial score (nSPS) is 11.1. The van der Waals surface area contributed by atoms with E-state index in [-0.39, 0.29) is 34.7 Å². The number of carbonyl (C=O) groups excluding carboxylic acids is 1. The predicted molar refractivity (Wildman–Crippen MR) is 104 cm³/mol. The third kappa shape index (κ3) is 6.02. The summed E-state index contributed by atoms with van der Waals surface area (Å²) in [4.78, 5) is 22.9. The summed E-state index contributed by atoms with van der Waals surface area (Å²) in [5.41, 5.74) is 1.38. The minimum absolute atomic E-state index is 0.00913. The van der Waals surface area contributed by atoms with E-state index in [4.69, 9.17) is 9.84 Å². The maximum absolute atomic E-state index is 12.0. The number of carbonyl (C=O) groups is 2. The maximum Gasteiger partial charge on any atom is 0.335 e. The minimum atomic E-state index is -1.13. The van der Waals surface area contributed by atoms with Crippen molar-refractivity contribution in [3.05, 3.63) is 53.6 Å². The van der Waals surface area contributed by atoms with Crippen molar-refractivity contribution in [1.82, 2.24) is 0 Å². The Labute approximate surface area is 158 Å². The van der Waals surface area contributed by atoms with Gasteiger partial charge in [-0.1, -0.05) is 32.9 Å². The van der Waals surface area contributed by atoms with Crippen molar-refractivity contribution in [3.8, 4) is 11.5 Å². The van der Waals surface area contributed by atoms with Crippen LogP contribution in [0.3, 0.4) is 0 Å². The fourth-order valence-corrected chi connectivity index (χ4v) is 2.46. The van der Waals surface area contributed by atoms with Crippen molar-refractivity contribution in [2.45, 2.75) is 39.0 Å². The van der Waals surface area contributed by atoms with Crippen LogP contribution in [0.4, 0.5) is 5.69 Å². The molecule has 0 fully saturated rings. The van der Waals surface area contributed by atoms with E-state index in [9.17, 15) is 14.7 Å². The Kier molecular flexibility index (Phi) is 6.45. The van der Waals surface area contributed by atoms with Gasteiger partial charge in [0.15, 0.2) is 0 Å². The molecule has 0 unspecified atom stereocenters. The molecule has 0 saturated carbocycles. The van der Waals surface area contributed by atoms with E-state index in [2.05, 4.69) is 26.1 Å². The van der Waals surface area contributed by atoms with Crippen LogP contribution in [0, 0.1) is 0 Å². The van der Waals surface area contributed by atoms with Crippen molar-refractivity contribution in [2.75, 3.05) is 11.9 Å². The van der Waals surface area contributed by atoms with Gasteiger partial charge in [0.1, 0.15) is 11.5 Å². The number of rotatable bonds is 7. The van der Waals surface area contributed by atoms with Gasteiger partial charge in [0.05, 0.1) is 17.9 Å². The van der Waals surface area contributed by atoms with Crippen LogP contribution in [0.1, 0.15) is 49.5 Å². The number of anilines is 1. The van der Waals surface area contributed by atoms with Crippen LogP contribution in [-0.2, 0) is 10.2 Å². The Morgan fingerprint density at radius 2 is 1.74 bits per heavy atom. The molecule has 6 heteroatoms. The topological polar surface area (TPSA) is 95.9 Å². The van der Waals surface area contributed by atoms with Crippen molar-refractivity contribution in [1.29, 1.82) is 0 Å². The minimum Gasteiger partial charge on any atom is -0.506 e. The van der Waals surface area contributed by atoms with E-state index >= 15 is 0 Å².